The van der Waals surface area contributed by atoms with Crippen molar-refractivity contribution in [2.45, 2.75) is 25.9 Å². The fourth-order valence-corrected chi connectivity index (χ4v) is 3.35. The van der Waals surface area contributed by atoms with Gasteiger partial charge in [-0.25, -0.2) is 0 Å². The number of hydrogen-bond acceptors (Lipinski definition) is 3. The van der Waals surface area contributed by atoms with Gasteiger partial charge in [-0.15, -0.1) is 11.3 Å². The Kier molecular flexibility index (Phi) is 1.94. The van der Waals surface area contributed by atoms with E-state index >= 15 is 0 Å². The van der Waals surface area contributed by atoms with E-state index in [0.717, 1.165) is 39.9 Å². The number of aliphatic hydroxyl groups excluding tert-OH is 1. The summed E-state index contributed by atoms with van der Waals surface area (Å²) < 4.78 is 1.16. The third-order valence-corrected chi connectivity index (χ3v) is 4.13. The Bertz CT molecular complexity index is 582. The Morgan fingerprint density at radius 3 is 3.00 bits per heavy atom. The predicted molar refractivity (Wildman–Crippen MR) is 60.4 cm³/mol. The van der Waals surface area contributed by atoms with Crippen LogP contribution in [0.25, 0.3) is 10.2 Å². The van der Waals surface area contributed by atoms with Crippen molar-refractivity contribution in [3.05, 3.63) is 32.4 Å². The minimum atomic E-state index is 0.0517. The second kappa shape index (κ2) is 3.18. The third kappa shape index (κ3) is 1.25. The first-order valence-electron chi connectivity index (χ1n) is 5.07. The molecule has 0 unspecified atom stereocenters. The molecule has 78 valence electrons. The van der Waals surface area contributed by atoms with Gasteiger partial charge in [0.1, 0.15) is 0 Å². The molecule has 2 N–H and O–H groups in total. The van der Waals surface area contributed by atoms with Gasteiger partial charge >= 0.3 is 0 Å². The van der Waals surface area contributed by atoms with Crippen molar-refractivity contribution in [3.63, 3.8) is 0 Å². The second-order valence-electron chi connectivity index (χ2n) is 3.88. The van der Waals surface area contributed by atoms with E-state index < -0.39 is 0 Å². The Morgan fingerprint density at radius 2 is 2.20 bits per heavy atom. The number of thiophene rings is 1. The van der Waals surface area contributed by atoms with Crippen molar-refractivity contribution < 1.29 is 5.11 Å². The van der Waals surface area contributed by atoms with Gasteiger partial charge in [0.05, 0.1) is 16.8 Å². The van der Waals surface area contributed by atoms with Crippen LogP contribution in [0.4, 0.5) is 0 Å². The average molecular weight is 221 g/mol. The SMILES string of the molecule is O=c1[nH]c2cc(CO)sc2c2c1CCC2. The third-order valence-electron chi connectivity index (χ3n) is 2.95. The van der Waals surface area contributed by atoms with Gasteiger partial charge in [-0.1, -0.05) is 0 Å². The van der Waals surface area contributed by atoms with Gasteiger partial charge < -0.3 is 10.1 Å². The summed E-state index contributed by atoms with van der Waals surface area (Å²) in [6, 6.07) is 1.88. The molecule has 0 amide bonds. The van der Waals surface area contributed by atoms with Gasteiger partial charge in [0.25, 0.3) is 5.56 Å². The number of nitrogens with one attached hydrogen (secondary N) is 1. The standard InChI is InChI=1S/C11H11NO2S/c13-5-6-4-9-10(15-6)7-2-1-3-8(7)11(14)12-9/h4,13H,1-3,5H2,(H,12,14). The monoisotopic (exact) mass is 221 g/mol. The molecule has 0 saturated heterocycles. The summed E-state index contributed by atoms with van der Waals surface area (Å²) in [5.74, 6) is 0. The van der Waals surface area contributed by atoms with Crippen molar-refractivity contribution in [3.8, 4) is 0 Å². The molecular weight excluding hydrogens is 210 g/mol. The lowest BCUT2D eigenvalue weighted by Crippen LogP contribution is -2.11. The van der Waals surface area contributed by atoms with Crippen LogP contribution in [0.2, 0.25) is 0 Å². The largest absolute Gasteiger partial charge is 0.391 e. The Hall–Kier alpha value is -1.13. The molecule has 0 aliphatic heterocycles. The van der Waals surface area contributed by atoms with Crippen LogP contribution in [0, 0.1) is 0 Å². The molecule has 15 heavy (non-hydrogen) atoms. The fourth-order valence-electron chi connectivity index (χ4n) is 2.28. The lowest BCUT2D eigenvalue weighted by molar-refractivity contribution is 0.285. The molecule has 2 aromatic rings. The van der Waals surface area contributed by atoms with Crippen LogP contribution in [-0.4, -0.2) is 10.1 Å². The van der Waals surface area contributed by atoms with Crippen LogP contribution in [0.15, 0.2) is 10.9 Å². The maximum absolute atomic E-state index is 11.7. The summed E-state index contributed by atoms with van der Waals surface area (Å²) in [6.07, 6.45) is 2.97. The summed E-state index contributed by atoms with van der Waals surface area (Å²) in [4.78, 5) is 15.5. The van der Waals surface area contributed by atoms with E-state index in [1.54, 1.807) is 11.3 Å². The van der Waals surface area contributed by atoms with Crippen LogP contribution >= 0.6 is 11.3 Å². The average Bonchev–Trinajstić information content (AvgIpc) is 2.80. The summed E-state index contributed by atoms with van der Waals surface area (Å²) in [5, 5.41) is 9.07. The van der Waals surface area contributed by atoms with Crippen LogP contribution in [-0.2, 0) is 19.4 Å². The first-order chi connectivity index (χ1) is 7.29. The van der Waals surface area contributed by atoms with Crippen molar-refractivity contribution >= 4 is 21.6 Å². The van der Waals surface area contributed by atoms with E-state index in [1.807, 2.05) is 6.07 Å². The Balaban J connectivity index is 2.40. The Labute approximate surface area is 90.4 Å². The molecule has 0 radical (unpaired) electrons. The number of rotatable bonds is 1. The highest BCUT2D eigenvalue weighted by atomic mass is 32.1. The Morgan fingerprint density at radius 1 is 1.40 bits per heavy atom. The number of aliphatic hydroxyl groups is 1. The van der Waals surface area contributed by atoms with E-state index in [4.69, 9.17) is 5.11 Å². The maximum Gasteiger partial charge on any atom is 0.251 e. The molecule has 1 aliphatic carbocycles. The zero-order valence-electron chi connectivity index (χ0n) is 8.17. The first kappa shape index (κ1) is 9.12. The molecule has 0 atom stereocenters. The van der Waals surface area contributed by atoms with Crippen LogP contribution in [0.5, 0.6) is 0 Å². The molecular formula is C11H11NO2S. The number of aromatic amines is 1. The molecule has 3 nitrogen and oxygen atoms in total. The number of pyridine rings is 1. The number of fused-ring (bicyclic) bond motifs is 3. The van der Waals surface area contributed by atoms with Crippen LogP contribution in [0.1, 0.15) is 22.4 Å². The summed E-state index contributed by atoms with van der Waals surface area (Å²) in [5.41, 5.74) is 3.10. The van der Waals surface area contributed by atoms with E-state index in [2.05, 4.69) is 4.98 Å². The quantitative estimate of drug-likeness (QED) is 0.768. The topological polar surface area (TPSA) is 53.1 Å². The van der Waals surface area contributed by atoms with Gasteiger partial charge in [0.15, 0.2) is 0 Å². The molecule has 0 aromatic carbocycles. The number of aryl methyl sites for hydroxylation is 1. The van der Waals surface area contributed by atoms with Crippen molar-refractivity contribution in [2.75, 3.05) is 0 Å². The summed E-state index contributed by atoms with van der Waals surface area (Å²) in [7, 11) is 0. The molecule has 0 spiro atoms. The molecule has 0 bridgehead atoms. The van der Waals surface area contributed by atoms with E-state index in [1.165, 1.54) is 5.56 Å². The van der Waals surface area contributed by atoms with E-state index in [0.29, 0.717) is 0 Å². The van der Waals surface area contributed by atoms with Crippen molar-refractivity contribution in [1.29, 1.82) is 0 Å². The van der Waals surface area contributed by atoms with Crippen LogP contribution in [0.3, 0.4) is 0 Å². The predicted octanol–water partition coefficient (Wildman–Crippen LogP) is 1.57. The van der Waals surface area contributed by atoms with Crippen molar-refractivity contribution in [1.82, 2.24) is 4.98 Å². The zero-order chi connectivity index (χ0) is 10.4. The molecule has 1 aliphatic rings. The fraction of sp³-hybridized carbons (Fsp3) is 0.364. The molecule has 2 aromatic heterocycles. The minimum absolute atomic E-state index is 0.0517. The van der Waals surface area contributed by atoms with Gasteiger partial charge in [-0.2, -0.15) is 0 Å². The molecule has 0 saturated carbocycles. The minimum Gasteiger partial charge on any atom is -0.391 e. The number of hydrogen-bond donors (Lipinski definition) is 2. The second-order valence-corrected chi connectivity index (χ2v) is 5.02. The highest BCUT2D eigenvalue weighted by Gasteiger charge is 2.19. The highest BCUT2D eigenvalue weighted by Crippen LogP contribution is 2.32. The molecule has 3 rings (SSSR count). The molecule has 2 heterocycles. The lowest BCUT2D eigenvalue weighted by atomic mass is 10.1. The van der Waals surface area contributed by atoms with Crippen LogP contribution < -0.4 is 5.56 Å². The zero-order valence-corrected chi connectivity index (χ0v) is 8.99. The number of H-pyrrole nitrogens is 1. The van der Waals surface area contributed by atoms with E-state index in [9.17, 15) is 4.79 Å². The van der Waals surface area contributed by atoms with Gasteiger partial charge in [0, 0.05) is 10.4 Å². The molecule has 0 fully saturated rings. The smallest absolute Gasteiger partial charge is 0.251 e. The lowest BCUT2D eigenvalue weighted by Gasteiger charge is -1.98. The van der Waals surface area contributed by atoms with Crippen molar-refractivity contribution in [2.24, 2.45) is 0 Å². The summed E-state index contributed by atoms with van der Waals surface area (Å²) in [6.45, 7) is 0.0517. The first-order valence-corrected chi connectivity index (χ1v) is 5.88. The van der Waals surface area contributed by atoms with Gasteiger partial charge in [-0.3, -0.25) is 4.79 Å². The maximum atomic E-state index is 11.7. The van der Waals surface area contributed by atoms with Gasteiger partial charge in [-0.05, 0) is 30.9 Å². The summed E-state index contributed by atoms with van der Waals surface area (Å²) >= 11 is 1.59. The normalized spacial score (nSPS) is 14.7. The van der Waals surface area contributed by atoms with E-state index in [-0.39, 0.29) is 12.2 Å². The highest BCUT2D eigenvalue weighted by molar-refractivity contribution is 7.19. The van der Waals surface area contributed by atoms with Gasteiger partial charge in [0.2, 0.25) is 0 Å². The molecule has 4 heteroatoms. The number of aromatic nitrogens is 1.